The number of ether oxygens (including phenoxy) is 2. The normalized spacial score (nSPS) is 18.4. The van der Waals surface area contributed by atoms with Crippen LogP contribution in [0.2, 0.25) is 0 Å². The van der Waals surface area contributed by atoms with E-state index in [4.69, 9.17) is 9.47 Å². The van der Waals surface area contributed by atoms with Gasteiger partial charge in [0.1, 0.15) is 5.60 Å². The first kappa shape index (κ1) is 15.4. The molecule has 5 nitrogen and oxygen atoms in total. The van der Waals surface area contributed by atoms with Gasteiger partial charge in [-0.15, -0.1) is 0 Å². The van der Waals surface area contributed by atoms with Gasteiger partial charge < -0.3 is 14.8 Å². The molecule has 0 aliphatic carbocycles. The van der Waals surface area contributed by atoms with Gasteiger partial charge in [-0.1, -0.05) is 13.8 Å². The van der Waals surface area contributed by atoms with Crippen LogP contribution in [0.5, 0.6) is 0 Å². The van der Waals surface area contributed by atoms with Crippen LogP contribution in [0.4, 0.5) is 0 Å². The fourth-order valence-electron chi connectivity index (χ4n) is 2.41. The van der Waals surface area contributed by atoms with Gasteiger partial charge in [-0.2, -0.15) is 0 Å². The van der Waals surface area contributed by atoms with Crippen molar-refractivity contribution in [2.75, 3.05) is 19.8 Å². The first-order valence-corrected chi connectivity index (χ1v) is 7.43. The molecule has 1 fully saturated rings. The molecule has 20 heavy (non-hydrogen) atoms. The predicted molar refractivity (Wildman–Crippen MR) is 77.4 cm³/mol. The zero-order chi connectivity index (χ0) is 14.4. The number of hydrogen-bond donors (Lipinski definition) is 1. The van der Waals surface area contributed by atoms with Crippen LogP contribution in [-0.2, 0) is 21.6 Å². The Morgan fingerprint density at radius 1 is 1.30 bits per heavy atom. The molecule has 0 spiro atoms. The molecule has 2 rings (SSSR count). The van der Waals surface area contributed by atoms with E-state index in [1.807, 2.05) is 19.3 Å². The molecule has 1 saturated heterocycles. The number of aromatic nitrogens is 2. The van der Waals surface area contributed by atoms with Crippen LogP contribution in [0.1, 0.15) is 45.0 Å². The molecule has 112 valence electrons. The SMILES string of the molecule is CCOC1(c2ncc(CNC(C)C)cn2)CCOCC1. The van der Waals surface area contributed by atoms with Gasteiger partial charge in [0.05, 0.1) is 0 Å². The fraction of sp³-hybridized carbons (Fsp3) is 0.733. The third-order valence-electron chi connectivity index (χ3n) is 3.55. The molecule has 1 aromatic heterocycles. The quantitative estimate of drug-likeness (QED) is 0.863. The summed E-state index contributed by atoms with van der Waals surface area (Å²) >= 11 is 0. The van der Waals surface area contributed by atoms with Gasteiger partial charge in [-0.05, 0) is 6.92 Å². The van der Waals surface area contributed by atoms with Crippen molar-refractivity contribution in [2.45, 2.75) is 51.8 Å². The molecule has 2 heterocycles. The highest BCUT2D eigenvalue weighted by Crippen LogP contribution is 2.33. The molecule has 5 heteroatoms. The van der Waals surface area contributed by atoms with E-state index in [0.717, 1.165) is 30.8 Å². The van der Waals surface area contributed by atoms with Crippen molar-refractivity contribution in [3.63, 3.8) is 0 Å². The lowest BCUT2D eigenvalue weighted by atomic mass is 9.93. The molecular formula is C15H25N3O2. The lowest BCUT2D eigenvalue weighted by Gasteiger charge is -2.35. The summed E-state index contributed by atoms with van der Waals surface area (Å²) in [5, 5.41) is 3.36. The van der Waals surface area contributed by atoms with Gasteiger partial charge in [-0.25, -0.2) is 9.97 Å². The molecule has 0 saturated carbocycles. The van der Waals surface area contributed by atoms with Gasteiger partial charge in [-0.3, -0.25) is 0 Å². The lowest BCUT2D eigenvalue weighted by molar-refractivity contribution is -0.117. The maximum absolute atomic E-state index is 5.97. The molecule has 0 atom stereocenters. The number of nitrogens with one attached hydrogen (secondary N) is 1. The topological polar surface area (TPSA) is 56.3 Å². The second-order valence-electron chi connectivity index (χ2n) is 5.49. The van der Waals surface area contributed by atoms with E-state index >= 15 is 0 Å². The maximum Gasteiger partial charge on any atom is 0.160 e. The Hall–Kier alpha value is -1.04. The minimum absolute atomic E-state index is 0.364. The summed E-state index contributed by atoms with van der Waals surface area (Å²) in [5.74, 6) is 0.788. The van der Waals surface area contributed by atoms with Crippen LogP contribution < -0.4 is 5.32 Å². The van der Waals surface area contributed by atoms with Crippen molar-refractivity contribution in [3.05, 3.63) is 23.8 Å². The van der Waals surface area contributed by atoms with Gasteiger partial charge in [0.2, 0.25) is 0 Å². The van der Waals surface area contributed by atoms with E-state index in [-0.39, 0.29) is 5.60 Å². The zero-order valence-electron chi connectivity index (χ0n) is 12.7. The van der Waals surface area contributed by atoms with E-state index in [9.17, 15) is 0 Å². The van der Waals surface area contributed by atoms with Crippen molar-refractivity contribution >= 4 is 0 Å². The Kier molecular flexibility index (Phi) is 5.46. The first-order valence-electron chi connectivity index (χ1n) is 7.43. The third-order valence-corrected chi connectivity index (χ3v) is 3.55. The van der Waals surface area contributed by atoms with Crippen molar-refractivity contribution in [3.8, 4) is 0 Å². The Balaban J connectivity index is 2.09. The largest absolute Gasteiger partial charge is 0.381 e. The van der Waals surface area contributed by atoms with E-state index in [2.05, 4.69) is 29.1 Å². The van der Waals surface area contributed by atoms with Crippen LogP contribution >= 0.6 is 0 Å². The second kappa shape index (κ2) is 7.11. The van der Waals surface area contributed by atoms with Gasteiger partial charge in [0.25, 0.3) is 0 Å². The highest BCUT2D eigenvalue weighted by molar-refractivity contribution is 5.10. The fourth-order valence-corrected chi connectivity index (χ4v) is 2.41. The first-order chi connectivity index (χ1) is 9.66. The Morgan fingerprint density at radius 2 is 1.95 bits per heavy atom. The highest BCUT2D eigenvalue weighted by atomic mass is 16.5. The summed E-state index contributed by atoms with van der Waals surface area (Å²) in [6, 6.07) is 0.458. The summed E-state index contributed by atoms with van der Waals surface area (Å²) in [6.45, 7) is 9.14. The van der Waals surface area contributed by atoms with E-state index in [0.29, 0.717) is 25.9 Å². The monoisotopic (exact) mass is 279 g/mol. The van der Waals surface area contributed by atoms with Crippen molar-refractivity contribution < 1.29 is 9.47 Å². The molecular weight excluding hydrogens is 254 g/mol. The van der Waals surface area contributed by atoms with Gasteiger partial charge in [0.15, 0.2) is 5.82 Å². The van der Waals surface area contributed by atoms with E-state index < -0.39 is 0 Å². The molecule has 0 unspecified atom stereocenters. The number of rotatable bonds is 6. The standard InChI is InChI=1S/C15H25N3O2/c1-4-20-15(5-7-19-8-6-15)14-17-10-13(11-18-14)9-16-12(2)3/h10-12,16H,4-9H2,1-3H3. The van der Waals surface area contributed by atoms with Gasteiger partial charge >= 0.3 is 0 Å². The summed E-state index contributed by atoms with van der Waals surface area (Å²) < 4.78 is 11.4. The van der Waals surface area contributed by atoms with Crippen LogP contribution in [0.3, 0.4) is 0 Å². The number of nitrogens with zero attached hydrogens (tertiary/aromatic N) is 2. The van der Waals surface area contributed by atoms with Crippen LogP contribution in [0.15, 0.2) is 12.4 Å². The van der Waals surface area contributed by atoms with E-state index in [1.165, 1.54) is 0 Å². The molecule has 1 aliphatic heterocycles. The molecule has 0 bridgehead atoms. The van der Waals surface area contributed by atoms with Crippen LogP contribution in [0.25, 0.3) is 0 Å². The minimum Gasteiger partial charge on any atom is -0.381 e. The third kappa shape index (κ3) is 3.75. The lowest BCUT2D eigenvalue weighted by Crippen LogP contribution is -2.38. The summed E-state index contributed by atoms with van der Waals surface area (Å²) in [4.78, 5) is 9.08. The summed E-state index contributed by atoms with van der Waals surface area (Å²) in [5.41, 5.74) is 0.734. The van der Waals surface area contributed by atoms with Crippen molar-refractivity contribution in [2.24, 2.45) is 0 Å². The maximum atomic E-state index is 5.97. The molecule has 0 radical (unpaired) electrons. The Bertz CT molecular complexity index is 395. The zero-order valence-corrected chi connectivity index (χ0v) is 12.7. The minimum atomic E-state index is -0.364. The molecule has 1 aliphatic rings. The molecule has 0 aromatic carbocycles. The second-order valence-corrected chi connectivity index (χ2v) is 5.49. The smallest absolute Gasteiger partial charge is 0.160 e. The average Bonchev–Trinajstić information content (AvgIpc) is 2.47. The summed E-state index contributed by atoms with van der Waals surface area (Å²) in [6.07, 6.45) is 5.44. The van der Waals surface area contributed by atoms with Crippen molar-refractivity contribution in [1.82, 2.24) is 15.3 Å². The van der Waals surface area contributed by atoms with E-state index in [1.54, 1.807) is 0 Å². The van der Waals surface area contributed by atoms with Crippen LogP contribution in [0, 0.1) is 0 Å². The number of hydrogen-bond acceptors (Lipinski definition) is 5. The molecule has 1 aromatic rings. The average molecular weight is 279 g/mol. The van der Waals surface area contributed by atoms with Crippen LogP contribution in [-0.4, -0.2) is 35.8 Å². The predicted octanol–water partition coefficient (Wildman–Crippen LogP) is 2.02. The van der Waals surface area contributed by atoms with Crippen molar-refractivity contribution in [1.29, 1.82) is 0 Å². The van der Waals surface area contributed by atoms with Gasteiger partial charge in [0, 0.05) is 63.2 Å². The highest BCUT2D eigenvalue weighted by Gasteiger charge is 2.37. The Labute approximate surface area is 121 Å². The molecule has 0 amide bonds. The molecule has 1 N–H and O–H groups in total. The summed E-state index contributed by atoms with van der Waals surface area (Å²) in [7, 11) is 0. The Morgan fingerprint density at radius 3 is 2.50 bits per heavy atom.